The molecule has 4 nitrogen and oxygen atoms in total. The van der Waals surface area contributed by atoms with E-state index in [-0.39, 0.29) is 17.8 Å². The lowest BCUT2D eigenvalue weighted by Crippen LogP contribution is -2.33. The van der Waals surface area contributed by atoms with E-state index in [1.54, 1.807) is 12.1 Å². The topological polar surface area (TPSA) is 49.4 Å². The van der Waals surface area contributed by atoms with Gasteiger partial charge in [-0.25, -0.2) is 0 Å². The van der Waals surface area contributed by atoms with Gasteiger partial charge in [0.1, 0.15) is 0 Å². The molecule has 0 atom stereocenters. The SMILES string of the molecule is Cc1c(Cl)cccc1NCN1C(=O)S/C(=C/c2ccccc2Br)C1=O. The minimum absolute atomic E-state index is 0.0964. The van der Waals surface area contributed by atoms with Crippen LogP contribution in [-0.4, -0.2) is 22.7 Å². The Balaban J connectivity index is 1.76. The van der Waals surface area contributed by atoms with Crippen LogP contribution in [0.2, 0.25) is 5.02 Å². The maximum Gasteiger partial charge on any atom is 0.295 e. The predicted molar refractivity (Wildman–Crippen MR) is 107 cm³/mol. The maximum atomic E-state index is 12.5. The fourth-order valence-electron chi connectivity index (χ4n) is 2.33. The number of amides is 2. The highest BCUT2D eigenvalue weighted by molar-refractivity contribution is 9.10. The first-order valence-corrected chi connectivity index (χ1v) is 9.45. The third kappa shape index (κ3) is 3.92. The van der Waals surface area contributed by atoms with Gasteiger partial charge in [0.25, 0.3) is 11.1 Å². The smallest absolute Gasteiger partial charge is 0.295 e. The molecule has 0 spiro atoms. The van der Waals surface area contributed by atoms with Gasteiger partial charge in [-0.15, -0.1) is 0 Å². The van der Waals surface area contributed by atoms with Crippen LogP contribution in [0.3, 0.4) is 0 Å². The van der Waals surface area contributed by atoms with Gasteiger partial charge in [0.05, 0.1) is 11.6 Å². The van der Waals surface area contributed by atoms with E-state index in [4.69, 9.17) is 11.6 Å². The molecule has 1 saturated heterocycles. The van der Waals surface area contributed by atoms with Gasteiger partial charge in [-0.2, -0.15) is 0 Å². The van der Waals surface area contributed by atoms with E-state index in [1.165, 1.54) is 4.90 Å². The molecule has 0 bridgehead atoms. The molecule has 128 valence electrons. The molecule has 25 heavy (non-hydrogen) atoms. The molecule has 2 amide bonds. The van der Waals surface area contributed by atoms with E-state index in [0.29, 0.717) is 9.93 Å². The van der Waals surface area contributed by atoms with Crippen LogP contribution in [0.4, 0.5) is 10.5 Å². The highest BCUT2D eigenvalue weighted by Gasteiger charge is 2.35. The lowest BCUT2D eigenvalue weighted by molar-refractivity contribution is -0.122. The van der Waals surface area contributed by atoms with Gasteiger partial charge in [0.15, 0.2) is 0 Å². The van der Waals surface area contributed by atoms with Gasteiger partial charge in [-0.3, -0.25) is 14.5 Å². The number of rotatable bonds is 4. The van der Waals surface area contributed by atoms with E-state index in [0.717, 1.165) is 33.0 Å². The molecular formula is C18H14BrClN2O2S. The first-order chi connectivity index (χ1) is 12.0. The molecule has 2 aromatic rings. The molecule has 0 radical (unpaired) electrons. The quantitative estimate of drug-likeness (QED) is 0.640. The van der Waals surface area contributed by atoms with Crippen molar-refractivity contribution in [2.24, 2.45) is 0 Å². The molecule has 0 aromatic heterocycles. The van der Waals surface area contributed by atoms with Gasteiger partial charge < -0.3 is 5.32 Å². The van der Waals surface area contributed by atoms with Crippen molar-refractivity contribution in [1.29, 1.82) is 0 Å². The van der Waals surface area contributed by atoms with Gasteiger partial charge in [0.2, 0.25) is 0 Å². The molecule has 0 saturated carbocycles. The van der Waals surface area contributed by atoms with Crippen molar-refractivity contribution >= 4 is 62.2 Å². The van der Waals surface area contributed by atoms with Crippen LogP contribution in [0.5, 0.6) is 0 Å². The summed E-state index contributed by atoms with van der Waals surface area (Å²) in [5, 5.41) is 3.44. The van der Waals surface area contributed by atoms with Crippen molar-refractivity contribution in [2.75, 3.05) is 12.0 Å². The third-order valence-electron chi connectivity index (χ3n) is 3.76. The summed E-state index contributed by atoms with van der Waals surface area (Å²) >= 11 is 10.5. The lowest BCUT2D eigenvalue weighted by Gasteiger charge is -2.16. The summed E-state index contributed by atoms with van der Waals surface area (Å²) in [5.41, 5.74) is 2.52. The van der Waals surface area contributed by atoms with Crippen molar-refractivity contribution in [3.05, 3.63) is 68.0 Å². The second kappa shape index (κ2) is 7.64. The molecular weight excluding hydrogens is 424 g/mol. The van der Waals surface area contributed by atoms with Gasteiger partial charge in [-0.1, -0.05) is 51.8 Å². The normalized spacial score (nSPS) is 16.0. The van der Waals surface area contributed by atoms with Gasteiger partial charge in [-0.05, 0) is 54.1 Å². The average molecular weight is 438 g/mol. The zero-order valence-corrected chi connectivity index (χ0v) is 16.4. The fourth-order valence-corrected chi connectivity index (χ4v) is 3.74. The van der Waals surface area contributed by atoms with Crippen LogP contribution in [0.1, 0.15) is 11.1 Å². The molecule has 3 rings (SSSR count). The van der Waals surface area contributed by atoms with Crippen LogP contribution in [0.15, 0.2) is 51.8 Å². The van der Waals surface area contributed by atoms with E-state index >= 15 is 0 Å². The molecule has 1 aliphatic rings. The van der Waals surface area contributed by atoms with E-state index in [1.807, 2.05) is 43.3 Å². The largest absolute Gasteiger partial charge is 0.367 e. The molecule has 1 heterocycles. The number of carbonyl (C=O) groups is 2. The van der Waals surface area contributed by atoms with Crippen LogP contribution in [0, 0.1) is 6.92 Å². The number of nitrogens with zero attached hydrogens (tertiary/aromatic N) is 1. The number of nitrogens with one attached hydrogen (secondary N) is 1. The molecule has 0 unspecified atom stereocenters. The Bertz CT molecular complexity index is 885. The molecule has 1 aliphatic heterocycles. The standard InChI is InChI=1S/C18H14BrClN2O2S/c1-11-14(20)7-4-8-15(11)21-10-22-17(23)16(25-18(22)24)9-12-5-2-3-6-13(12)19/h2-9,21H,10H2,1H3/b16-9+. The summed E-state index contributed by atoms with van der Waals surface area (Å²) in [6.07, 6.45) is 1.72. The summed E-state index contributed by atoms with van der Waals surface area (Å²) in [6.45, 7) is 1.98. The van der Waals surface area contributed by atoms with Crippen molar-refractivity contribution < 1.29 is 9.59 Å². The minimum atomic E-state index is -0.307. The van der Waals surface area contributed by atoms with Crippen LogP contribution in [-0.2, 0) is 4.79 Å². The Morgan fingerprint density at radius 3 is 2.72 bits per heavy atom. The summed E-state index contributed by atoms with van der Waals surface area (Å²) in [7, 11) is 0. The number of thioether (sulfide) groups is 1. The number of hydrogen-bond acceptors (Lipinski definition) is 4. The molecule has 7 heteroatoms. The second-order valence-electron chi connectivity index (χ2n) is 5.38. The van der Waals surface area contributed by atoms with Crippen LogP contribution < -0.4 is 5.32 Å². The van der Waals surface area contributed by atoms with E-state index < -0.39 is 0 Å². The zero-order chi connectivity index (χ0) is 18.0. The van der Waals surface area contributed by atoms with Gasteiger partial charge in [0, 0.05) is 15.2 Å². The number of carbonyl (C=O) groups excluding carboxylic acids is 2. The monoisotopic (exact) mass is 436 g/mol. The Morgan fingerprint density at radius 2 is 1.96 bits per heavy atom. The number of hydrogen-bond donors (Lipinski definition) is 1. The minimum Gasteiger partial charge on any atom is -0.367 e. The summed E-state index contributed by atoms with van der Waals surface area (Å²) in [5.74, 6) is -0.307. The van der Waals surface area contributed by atoms with Crippen molar-refractivity contribution in [1.82, 2.24) is 4.90 Å². The number of anilines is 1. The first kappa shape index (κ1) is 18.0. The second-order valence-corrected chi connectivity index (χ2v) is 7.63. The third-order valence-corrected chi connectivity index (χ3v) is 5.80. The highest BCUT2D eigenvalue weighted by Crippen LogP contribution is 2.33. The molecule has 0 aliphatic carbocycles. The summed E-state index contributed by atoms with van der Waals surface area (Å²) < 4.78 is 0.870. The Labute approximate surface area is 163 Å². The van der Waals surface area contributed by atoms with Crippen molar-refractivity contribution in [3.63, 3.8) is 0 Å². The molecule has 2 aromatic carbocycles. The summed E-state index contributed by atoms with van der Waals surface area (Å²) in [6, 6.07) is 13.0. The molecule has 1 fully saturated rings. The lowest BCUT2D eigenvalue weighted by atomic mass is 10.2. The summed E-state index contributed by atoms with van der Waals surface area (Å²) in [4.78, 5) is 26.3. The first-order valence-electron chi connectivity index (χ1n) is 7.46. The van der Waals surface area contributed by atoms with Gasteiger partial charge >= 0.3 is 0 Å². The predicted octanol–water partition coefficient (Wildman–Crippen LogP) is 5.52. The number of benzene rings is 2. The highest BCUT2D eigenvalue weighted by atomic mass is 79.9. The zero-order valence-electron chi connectivity index (χ0n) is 13.3. The van der Waals surface area contributed by atoms with Crippen molar-refractivity contribution in [2.45, 2.75) is 6.92 Å². The Morgan fingerprint density at radius 1 is 1.20 bits per heavy atom. The van der Waals surface area contributed by atoms with Crippen LogP contribution >= 0.6 is 39.3 Å². The van der Waals surface area contributed by atoms with Crippen LogP contribution in [0.25, 0.3) is 6.08 Å². The van der Waals surface area contributed by atoms with E-state index in [2.05, 4.69) is 21.2 Å². The number of halogens is 2. The Kier molecular flexibility index (Phi) is 5.51. The maximum absolute atomic E-state index is 12.5. The number of imide groups is 1. The molecule has 1 N–H and O–H groups in total. The average Bonchev–Trinajstić information content (AvgIpc) is 2.85. The van der Waals surface area contributed by atoms with E-state index in [9.17, 15) is 9.59 Å². The Hall–Kier alpha value is -1.76. The fraction of sp³-hybridized carbons (Fsp3) is 0.111. The van der Waals surface area contributed by atoms with Crippen molar-refractivity contribution in [3.8, 4) is 0 Å².